The molecule has 1 aromatic heterocycles. The van der Waals surface area contributed by atoms with Gasteiger partial charge in [0.1, 0.15) is 0 Å². The summed E-state index contributed by atoms with van der Waals surface area (Å²) in [5.74, 6) is -0.412. The van der Waals surface area contributed by atoms with Crippen molar-refractivity contribution in [1.82, 2.24) is 4.57 Å². The highest BCUT2D eigenvalue weighted by atomic mass is 16.5. The van der Waals surface area contributed by atoms with Crippen molar-refractivity contribution >= 4 is 5.97 Å². The molecule has 1 aliphatic carbocycles. The van der Waals surface area contributed by atoms with E-state index in [-0.39, 0.29) is 18.2 Å². The van der Waals surface area contributed by atoms with Crippen molar-refractivity contribution in [3.63, 3.8) is 0 Å². The molecule has 0 amide bonds. The number of aromatic nitrogens is 1. The molecule has 2 aromatic rings. The van der Waals surface area contributed by atoms with Crippen LogP contribution in [0.25, 0.3) is 0 Å². The number of hydrogen-bond donors (Lipinski definition) is 2. The summed E-state index contributed by atoms with van der Waals surface area (Å²) < 4.78 is 6.64. The molecule has 0 bridgehead atoms. The van der Waals surface area contributed by atoms with Gasteiger partial charge in [-0.1, -0.05) is 19.1 Å². The zero-order chi connectivity index (χ0) is 19.4. The van der Waals surface area contributed by atoms with Crippen molar-refractivity contribution in [2.75, 3.05) is 6.61 Å². The quantitative estimate of drug-likeness (QED) is 0.760. The van der Waals surface area contributed by atoms with E-state index >= 15 is 0 Å². The molecule has 27 heavy (non-hydrogen) atoms. The van der Waals surface area contributed by atoms with Crippen LogP contribution in [0.15, 0.2) is 24.3 Å². The second-order valence-electron chi connectivity index (χ2n) is 6.86. The van der Waals surface area contributed by atoms with Gasteiger partial charge in [0.15, 0.2) is 11.8 Å². The van der Waals surface area contributed by atoms with Crippen LogP contribution in [0, 0.1) is 11.3 Å². The van der Waals surface area contributed by atoms with Gasteiger partial charge >= 0.3 is 5.97 Å². The highest BCUT2D eigenvalue weighted by Crippen LogP contribution is 2.43. The summed E-state index contributed by atoms with van der Waals surface area (Å²) >= 11 is 0. The molecule has 1 aliphatic rings. The molecule has 0 fully saturated rings. The first-order valence-corrected chi connectivity index (χ1v) is 9.36. The molecular formula is C21H24N2O4. The van der Waals surface area contributed by atoms with Gasteiger partial charge in [-0.15, -0.1) is 0 Å². The Morgan fingerprint density at radius 3 is 2.52 bits per heavy atom. The first-order chi connectivity index (χ1) is 13.1. The predicted octanol–water partition coefficient (Wildman–Crippen LogP) is 3.58. The zero-order valence-electron chi connectivity index (χ0n) is 15.4. The van der Waals surface area contributed by atoms with E-state index in [0.717, 1.165) is 24.0 Å². The van der Waals surface area contributed by atoms with E-state index in [2.05, 4.69) is 6.07 Å². The fourth-order valence-electron chi connectivity index (χ4n) is 3.69. The van der Waals surface area contributed by atoms with Gasteiger partial charge in [-0.05, 0) is 49.8 Å². The highest BCUT2D eigenvalue weighted by Gasteiger charge is 2.30. The topological polar surface area (TPSA) is 95.5 Å². The summed E-state index contributed by atoms with van der Waals surface area (Å²) in [6, 6.07) is 8.32. The van der Waals surface area contributed by atoms with Gasteiger partial charge in [0, 0.05) is 11.1 Å². The number of rotatable bonds is 6. The smallest absolute Gasteiger partial charge is 0.308 e. The lowest BCUT2D eigenvalue weighted by Gasteiger charge is -2.21. The van der Waals surface area contributed by atoms with Gasteiger partial charge in [0.2, 0.25) is 0 Å². The van der Waals surface area contributed by atoms with Crippen molar-refractivity contribution < 1.29 is 19.7 Å². The second-order valence-corrected chi connectivity index (χ2v) is 6.86. The normalized spacial score (nSPS) is 14.2. The maximum atomic E-state index is 12.3. The number of nitrogens with zero attached hydrogens (tertiary/aromatic N) is 2. The van der Waals surface area contributed by atoms with E-state index in [1.807, 2.05) is 6.92 Å². The first kappa shape index (κ1) is 18.8. The molecule has 1 atom stereocenters. The van der Waals surface area contributed by atoms with Crippen LogP contribution in [0.1, 0.15) is 60.9 Å². The van der Waals surface area contributed by atoms with Gasteiger partial charge in [-0.2, -0.15) is 5.26 Å². The van der Waals surface area contributed by atoms with Crippen LogP contribution in [-0.4, -0.2) is 27.4 Å². The number of fused-ring (bicyclic) bond motifs is 1. The van der Waals surface area contributed by atoms with E-state index in [0.29, 0.717) is 37.0 Å². The van der Waals surface area contributed by atoms with Gasteiger partial charge < -0.3 is 14.9 Å². The Bertz CT molecular complexity index is 850. The SMILES string of the molecule is CCCOC(=O)CC(c1cccc(C#N)c1)n1c(O)c2c(c1O)CCCC2. The molecule has 0 saturated heterocycles. The lowest BCUT2D eigenvalue weighted by atomic mass is 9.95. The molecule has 6 nitrogen and oxygen atoms in total. The van der Waals surface area contributed by atoms with E-state index in [1.165, 1.54) is 4.57 Å². The van der Waals surface area contributed by atoms with Gasteiger partial charge in [-0.25, -0.2) is 0 Å². The van der Waals surface area contributed by atoms with Crippen molar-refractivity contribution in [2.45, 2.75) is 51.5 Å². The maximum absolute atomic E-state index is 12.3. The van der Waals surface area contributed by atoms with Crippen molar-refractivity contribution in [1.29, 1.82) is 5.26 Å². The third-order valence-electron chi connectivity index (χ3n) is 5.00. The van der Waals surface area contributed by atoms with E-state index in [1.54, 1.807) is 24.3 Å². The Morgan fingerprint density at radius 1 is 1.26 bits per heavy atom. The summed E-state index contributed by atoms with van der Waals surface area (Å²) in [7, 11) is 0. The summed E-state index contributed by atoms with van der Waals surface area (Å²) in [5, 5.41) is 30.8. The number of hydrogen-bond acceptors (Lipinski definition) is 5. The molecule has 1 aromatic carbocycles. The summed E-state index contributed by atoms with van der Waals surface area (Å²) in [6.07, 6.45) is 3.99. The number of esters is 1. The van der Waals surface area contributed by atoms with Crippen LogP contribution in [0.4, 0.5) is 0 Å². The second kappa shape index (κ2) is 8.17. The van der Waals surface area contributed by atoms with Gasteiger partial charge in [0.25, 0.3) is 0 Å². The molecule has 0 aliphatic heterocycles. The molecule has 142 valence electrons. The molecule has 0 spiro atoms. The van der Waals surface area contributed by atoms with Gasteiger partial charge in [-0.3, -0.25) is 9.36 Å². The molecule has 3 rings (SSSR count). The van der Waals surface area contributed by atoms with E-state index in [9.17, 15) is 20.3 Å². The number of benzene rings is 1. The summed E-state index contributed by atoms with van der Waals surface area (Å²) in [6.45, 7) is 2.24. The van der Waals surface area contributed by atoms with Gasteiger partial charge in [0.05, 0.1) is 30.7 Å². The third-order valence-corrected chi connectivity index (χ3v) is 5.00. The Hall–Kier alpha value is -2.94. The minimum atomic E-state index is -0.645. The molecule has 6 heteroatoms. The van der Waals surface area contributed by atoms with E-state index < -0.39 is 12.0 Å². The van der Waals surface area contributed by atoms with Crippen molar-refractivity contribution in [3.8, 4) is 17.8 Å². The molecule has 2 N–H and O–H groups in total. The fourth-order valence-corrected chi connectivity index (χ4v) is 3.69. The molecular weight excluding hydrogens is 344 g/mol. The molecule has 0 radical (unpaired) electrons. The number of carbonyl (C=O) groups is 1. The largest absolute Gasteiger partial charge is 0.494 e. The number of ether oxygens (including phenoxy) is 1. The van der Waals surface area contributed by atoms with Crippen LogP contribution in [-0.2, 0) is 22.4 Å². The summed E-state index contributed by atoms with van der Waals surface area (Å²) in [4.78, 5) is 12.3. The molecule has 1 unspecified atom stereocenters. The third kappa shape index (κ3) is 3.77. The van der Waals surface area contributed by atoms with Crippen LogP contribution in [0.2, 0.25) is 0 Å². The minimum absolute atomic E-state index is 0.00199. The fraction of sp³-hybridized carbons (Fsp3) is 0.429. The number of nitriles is 1. The maximum Gasteiger partial charge on any atom is 0.308 e. The monoisotopic (exact) mass is 368 g/mol. The highest BCUT2D eigenvalue weighted by molar-refractivity contribution is 5.71. The minimum Gasteiger partial charge on any atom is -0.494 e. The average molecular weight is 368 g/mol. The average Bonchev–Trinajstić information content (AvgIpc) is 2.95. The van der Waals surface area contributed by atoms with Crippen LogP contribution in [0.3, 0.4) is 0 Å². The van der Waals surface area contributed by atoms with Crippen LogP contribution < -0.4 is 0 Å². The first-order valence-electron chi connectivity index (χ1n) is 9.36. The Balaban J connectivity index is 2.06. The Labute approximate surface area is 158 Å². The molecule has 0 saturated carbocycles. The Morgan fingerprint density at radius 2 is 1.93 bits per heavy atom. The summed E-state index contributed by atoms with van der Waals surface area (Å²) in [5.41, 5.74) is 2.62. The standard InChI is InChI=1S/C21H24N2O4/c1-2-10-27-19(24)12-18(15-7-5-6-14(11-15)13-22)23-20(25)16-8-3-4-9-17(16)21(23)26/h5-7,11,18,25-26H,2-4,8-10,12H2,1H3. The van der Waals surface area contributed by atoms with Crippen LogP contribution in [0.5, 0.6) is 11.8 Å². The van der Waals surface area contributed by atoms with Crippen LogP contribution >= 0.6 is 0 Å². The predicted molar refractivity (Wildman–Crippen MR) is 99.6 cm³/mol. The van der Waals surface area contributed by atoms with Crippen molar-refractivity contribution in [3.05, 3.63) is 46.5 Å². The van der Waals surface area contributed by atoms with Crippen molar-refractivity contribution in [2.24, 2.45) is 0 Å². The lowest BCUT2D eigenvalue weighted by molar-refractivity contribution is -0.144. The number of carbonyl (C=O) groups excluding carboxylic acids is 1. The number of aromatic hydroxyl groups is 2. The lowest BCUT2D eigenvalue weighted by Crippen LogP contribution is -2.17. The Kier molecular flexibility index (Phi) is 5.70. The van der Waals surface area contributed by atoms with E-state index in [4.69, 9.17) is 4.74 Å². The molecule has 1 heterocycles. The zero-order valence-corrected chi connectivity index (χ0v) is 15.4.